The molecular formula is C29H27FN2O3. The van der Waals surface area contributed by atoms with Gasteiger partial charge in [0.25, 0.3) is 5.91 Å². The molecule has 4 rings (SSSR count). The number of unbranched alkanes of at least 4 members (excludes halogenated alkanes) is 1. The van der Waals surface area contributed by atoms with Gasteiger partial charge in [0, 0.05) is 35.3 Å². The van der Waals surface area contributed by atoms with Crippen molar-refractivity contribution in [3.05, 3.63) is 101 Å². The average Bonchev–Trinajstić information content (AvgIpc) is 2.89. The second-order valence-corrected chi connectivity index (χ2v) is 8.34. The number of hydrogen-bond donors (Lipinski definition) is 1. The molecule has 0 radical (unpaired) electrons. The zero-order chi connectivity index (χ0) is 24.8. The Morgan fingerprint density at radius 3 is 2.46 bits per heavy atom. The van der Waals surface area contributed by atoms with E-state index >= 15 is 4.39 Å². The molecule has 4 aromatic rings. The number of rotatable bonds is 8. The van der Waals surface area contributed by atoms with Crippen molar-refractivity contribution in [1.82, 2.24) is 10.3 Å². The van der Waals surface area contributed by atoms with Gasteiger partial charge in [0.2, 0.25) is 0 Å². The van der Waals surface area contributed by atoms with Crippen molar-refractivity contribution in [3.63, 3.8) is 0 Å². The molecule has 0 saturated carbocycles. The van der Waals surface area contributed by atoms with Crippen molar-refractivity contribution in [1.29, 1.82) is 0 Å². The monoisotopic (exact) mass is 470 g/mol. The number of carbonyl (C=O) groups is 2. The first-order valence-corrected chi connectivity index (χ1v) is 11.6. The molecule has 1 aromatic heterocycles. The summed E-state index contributed by atoms with van der Waals surface area (Å²) in [6.07, 6.45) is 3.82. The van der Waals surface area contributed by atoms with Crippen LogP contribution in [0.5, 0.6) is 0 Å². The van der Waals surface area contributed by atoms with Crippen LogP contribution in [0.4, 0.5) is 4.39 Å². The molecule has 0 unspecified atom stereocenters. The van der Waals surface area contributed by atoms with Crippen molar-refractivity contribution >= 4 is 22.8 Å². The fourth-order valence-corrected chi connectivity index (χ4v) is 4.05. The van der Waals surface area contributed by atoms with Gasteiger partial charge in [-0.1, -0.05) is 55.8 Å². The lowest BCUT2D eigenvalue weighted by atomic mass is 9.93. The zero-order valence-electron chi connectivity index (χ0n) is 19.8. The molecule has 3 aromatic carbocycles. The van der Waals surface area contributed by atoms with Crippen LogP contribution in [0.15, 0.2) is 72.9 Å². The fourth-order valence-electron chi connectivity index (χ4n) is 4.05. The Morgan fingerprint density at radius 2 is 1.77 bits per heavy atom. The Hall–Kier alpha value is -4.06. The van der Waals surface area contributed by atoms with Crippen LogP contribution in [0, 0.1) is 5.82 Å². The third-order valence-corrected chi connectivity index (χ3v) is 5.97. The summed E-state index contributed by atoms with van der Waals surface area (Å²) in [6, 6.07) is 19.7. The van der Waals surface area contributed by atoms with Crippen LogP contribution < -0.4 is 5.32 Å². The Kier molecular flexibility index (Phi) is 7.51. The lowest BCUT2D eigenvalue weighted by molar-refractivity contribution is 0.0599. The van der Waals surface area contributed by atoms with Gasteiger partial charge in [-0.15, -0.1) is 0 Å². The Bertz CT molecular complexity index is 1350. The summed E-state index contributed by atoms with van der Waals surface area (Å²) in [5.41, 5.74) is 4.05. The minimum absolute atomic E-state index is 0.152. The minimum Gasteiger partial charge on any atom is -0.465 e. The van der Waals surface area contributed by atoms with E-state index in [1.165, 1.54) is 19.4 Å². The highest BCUT2D eigenvalue weighted by Crippen LogP contribution is 2.31. The number of amides is 1. The molecule has 0 aliphatic rings. The molecule has 178 valence electrons. The quantitative estimate of drug-likeness (QED) is 0.255. The highest BCUT2D eigenvalue weighted by Gasteiger charge is 2.19. The molecular weight excluding hydrogens is 443 g/mol. The average molecular weight is 471 g/mol. The predicted octanol–water partition coefficient (Wildman–Crippen LogP) is 5.95. The summed E-state index contributed by atoms with van der Waals surface area (Å²) in [5.74, 6) is -1.07. The number of carbonyl (C=O) groups excluding carboxylic acids is 2. The Morgan fingerprint density at radius 1 is 1.03 bits per heavy atom. The minimum atomic E-state index is -0.491. The molecule has 1 heterocycles. The molecule has 0 bridgehead atoms. The van der Waals surface area contributed by atoms with Crippen LogP contribution >= 0.6 is 0 Å². The van der Waals surface area contributed by atoms with Gasteiger partial charge in [-0.05, 0) is 47.7 Å². The lowest BCUT2D eigenvalue weighted by Crippen LogP contribution is -2.24. The summed E-state index contributed by atoms with van der Waals surface area (Å²) in [4.78, 5) is 29.2. The van der Waals surface area contributed by atoms with Crippen LogP contribution in [0.2, 0.25) is 0 Å². The van der Waals surface area contributed by atoms with E-state index in [-0.39, 0.29) is 5.91 Å². The van der Waals surface area contributed by atoms with Crippen molar-refractivity contribution < 1.29 is 18.7 Å². The number of nitrogens with zero attached hydrogens (tertiary/aromatic N) is 1. The Balaban J connectivity index is 1.77. The molecule has 1 amide bonds. The number of benzene rings is 3. The number of halogens is 1. The van der Waals surface area contributed by atoms with Crippen molar-refractivity contribution in [2.75, 3.05) is 13.7 Å². The van der Waals surface area contributed by atoms with E-state index in [0.29, 0.717) is 46.1 Å². The van der Waals surface area contributed by atoms with Crippen LogP contribution in [-0.4, -0.2) is 30.5 Å². The van der Waals surface area contributed by atoms with E-state index in [1.54, 1.807) is 30.3 Å². The molecule has 0 aliphatic carbocycles. The van der Waals surface area contributed by atoms with Gasteiger partial charge in [-0.3, -0.25) is 9.78 Å². The summed E-state index contributed by atoms with van der Waals surface area (Å²) < 4.78 is 20.1. The van der Waals surface area contributed by atoms with Gasteiger partial charge >= 0.3 is 5.97 Å². The van der Waals surface area contributed by atoms with E-state index in [2.05, 4.69) is 17.2 Å². The summed E-state index contributed by atoms with van der Waals surface area (Å²) in [7, 11) is 1.33. The van der Waals surface area contributed by atoms with Gasteiger partial charge in [-0.2, -0.15) is 0 Å². The number of aromatic nitrogens is 1. The smallest absolute Gasteiger partial charge is 0.339 e. The Labute approximate surface area is 204 Å². The number of pyridine rings is 1. The van der Waals surface area contributed by atoms with E-state index in [0.717, 1.165) is 24.0 Å². The van der Waals surface area contributed by atoms with Crippen LogP contribution in [0.3, 0.4) is 0 Å². The maximum Gasteiger partial charge on any atom is 0.339 e. The van der Waals surface area contributed by atoms with E-state index < -0.39 is 11.8 Å². The van der Waals surface area contributed by atoms with Crippen molar-refractivity contribution in [2.45, 2.75) is 26.2 Å². The molecule has 0 fully saturated rings. The number of ether oxygens (including phenoxy) is 1. The lowest BCUT2D eigenvalue weighted by Gasteiger charge is -2.14. The normalized spacial score (nSPS) is 10.8. The van der Waals surface area contributed by atoms with E-state index in [1.807, 2.05) is 30.3 Å². The molecule has 0 aliphatic heterocycles. The van der Waals surface area contributed by atoms with Crippen molar-refractivity contribution in [2.24, 2.45) is 0 Å². The van der Waals surface area contributed by atoms with Crippen molar-refractivity contribution in [3.8, 4) is 11.1 Å². The topological polar surface area (TPSA) is 68.3 Å². The third kappa shape index (κ3) is 5.38. The maximum atomic E-state index is 15.1. The molecule has 6 heteroatoms. The predicted molar refractivity (Wildman–Crippen MR) is 135 cm³/mol. The third-order valence-electron chi connectivity index (χ3n) is 5.97. The second kappa shape index (κ2) is 10.9. The highest BCUT2D eigenvalue weighted by atomic mass is 19.1. The first-order chi connectivity index (χ1) is 17.0. The number of hydrogen-bond acceptors (Lipinski definition) is 4. The molecule has 35 heavy (non-hydrogen) atoms. The molecule has 0 spiro atoms. The first kappa shape index (κ1) is 24.1. The SMILES string of the molecule is CCCCNC(=O)c1ccc(-c2cc3c(Cc4ccccc4)c(C(=O)OC)cnc3cc2F)cc1. The zero-order valence-corrected chi connectivity index (χ0v) is 19.8. The highest BCUT2D eigenvalue weighted by molar-refractivity contribution is 5.99. The largest absolute Gasteiger partial charge is 0.465 e. The maximum absolute atomic E-state index is 15.1. The fraction of sp³-hybridized carbons (Fsp3) is 0.207. The van der Waals surface area contributed by atoms with E-state index in [4.69, 9.17) is 4.74 Å². The van der Waals surface area contributed by atoms with Crippen LogP contribution in [-0.2, 0) is 11.2 Å². The molecule has 1 N–H and O–H groups in total. The number of esters is 1. The number of nitrogens with one attached hydrogen (secondary N) is 1. The second-order valence-electron chi connectivity index (χ2n) is 8.34. The van der Waals surface area contributed by atoms with Gasteiger partial charge < -0.3 is 10.1 Å². The van der Waals surface area contributed by atoms with Crippen LogP contribution in [0.25, 0.3) is 22.0 Å². The number of fused-ring (bicyclic) bond motifs is 1. The molecule has 5 nitrogen and oxygen atoms in total. The number of methoxy groups -OCH3 is 1. The standard InChI is InChI=1S/C29H27FN2O3/c1-3-4-14-31-28(33)21-12-10-20(11-13-21)22-16-24-23(15-19-8-6-5-7-9-19)25(29(34)35-2)18-32-27(24)17-26(22)30/h5-13,16-18H,3-4,14-15H2,1-2H3,(H,31,33). The van der Waals surface area contributed by atoms with Crippen LogP contribution in [0.1, 0.15) is 51.6 Å². The van der Waals surface area contributed by atoms with E-state index in [9.17, 15) is 9.59 Å². The van der Waals surface area contributed by atoms with Gasteiger partial charge in [0.1, 0.15) is 5.82 Å². The van der Waals surface area contributed by atoms with Gasteiger partial charge in [0.15, 0.2) is 0 Å². The summed E-state index contributed by atoms with van der Waals surface area (Å²) in [6.45, 7) is 2.68. The summed E-state index contributed by atoms with van der Waals surface area (Å²) in [5, 5.41) is 3.56. The molecule has 0 saturated heterocycles. The van der Waals surface area contributed by atoms with Gasteiger partial charge in [0.05, 0.1) is 18.2 Å². The first-order valence-electron chi connectivity index (χ1n) is 11.6. The van der Waals surface area contributed by atoms with Gasteiger partial charge in [-0.25, -0.2) is 9.18 Å². The summed E-state index contributed by atoms with van der Waals surface area (Å²) >= 11 is 0. The molecule has 0 atom stereocenters.